The van der Waals surface area contributed by atoms with Gasteiger partial charge in [0.2, 0.25) is 0 Å². The van der Waals surface area contributed by atoms with E-state index >= 15 is 0 Å². The molecule has 4 aromatic rings. The summed E-state index contributed by atoms with van der Waals surface area (Å²) >= 11 is 0. The van der Waals surface area contributed by atoms with Gasteiger partial charge in [-0.05, 0) is 74.9 Å². The lowest BCUT2D eigenvalue weighted by molar-refractivity contribution is -0.156. The van der Waals surface area contributed by atoms with Crippen molar-refractivity contribution in [2.24, 2.45) is 0 Å². The van der Waals surface area contributed by atoms with Crippen LogP contribution in [0.15, 0.2) is 60.7 Å². The molecule has 0 bridgehead atoms. The zero-order chi connectivity index (χ0) is 23.0. The number of esters is 1. The van der Waals surface area contributed by atoms with Gasteiger partial charge in [-0.15, -0.1) is 6.42 Å². The number of thiophene rings is 1. The summed E-state index contributed by atoms with van der Waals surface area (Å²) in [6.07, 6.45) is 9.09. The van der Waals surface area contributed by atoms with Crippen molar-refractivity contribution in [3.63, 3.8) is 0 Å². The van der Waals surface area contributed by atoms with Crippen molar-refractivity contribution in [2.75, 3.05) is 6.61 Å². The molecule has 1 aromatic heterocycles. The maximum Gasteiger partial charge on any atom is 0.345 e. The first-order valence-corrected chi connectivity index (χ1v) is 12.6. The van der Waals surface area contributed by atoms with E-state index in [1.165, 1.54) is 25.1 Å². The Kier molecular flexibility index (Phi) is 5.60. The van der Waals surface area contributed by atoms with Crippen LogP contribution in [-0.2, 0) is 9.53 Å². The summed E-state index contributed by atoms with van der Waals surface area (Å²) in [5, 5.41) is 2.62. The molecule has 166 valence electrons. The van der Waals surface area contributed by atoms with Crippen LogP contribution in [0.3, 0.4) is 0 Å². The normalized spacial score (nSPS) is 14.9. The van der Waals surface area contributed by atoms with Gasteiger partial charge in [0.25, 0.3) is 0 Å². The molecule has 0 unspecified atom stereocenters. The lowest BCUT2D eigenvalue weighted by Gasteiger charge is -2.23. The Labute approximate surface area is 197 Å². The van der Waals surface area contributed by atoms with E-state index in [9.17, 15) is 4.79 Å². The molecule has 1 aliphatic carbocycles. The predicted molar refractivity (Wildman–Crippen MR) is 136 cm³/mol. The van der Waals surface area contributed by atoms with Crippen molar-refractivity contribution in [3.8, 4) is 23.0 Å². The fourth-order valence-electron chi connectivity index (χ4n) is 4.96. The number of benzene rings is 3. The van der Waals surface area contributed by atoms with Gasteiger partial charge in [0.05, 0.1) is 0 Å². The lowest BCUT2D eigenvalue weighted by Crippen LogP contribution is -2.32. The fourth-order valence-corrected chi connectivity index (χ4v) is 7.52. The van der Waals surface area contributed by atoms with Crippen LogP contribution in [0.2, 0.25) is 0 Å². The smallest absolute Gasteiger partial charge is 0.345 e. The predicted octanol–water partition coefficient (Wildman–Crippen LogP) is 7.22. The molecule has 0 spiro atoms. The Balaban J connectivity index is 1.44. The summed E-state index contributed by atoms with van der Waals surface area (Å²) in [6, 6.07) is 21.7. The zero-order valence-corrected chi connectivity index (χ0v) is 19.8. The molecule has 1 fully saturated rings. The second-order valence-electron chi connectivity index (χ2n) is 8.79. The van der Waals surface area contributed by atoms with E-state index in [-0.39, 0.29) is 17.1 Å². The Bertz CT molecular complexity index is 1320. The number of carbonyl (C=O) groups excluding carboxylic acids is 1. The number of hydrogen-bond donors (Lipinski definition) is 0. The topological polar surface area (TPSA) is 35.5 Å². The SMILES string of the molecule is C#CC1(OC(=O)COc2c(C)cc(-[s+]3c4ccccc4c4ccccc43)cc2C)CCCC1. The molecule has 0 amide bonds. The standard InChI is InChI=1S/C29H27O3S/c1-4-29(15-9-10-16-29)32-27(30)19-31-28-20(2)17-22(18-21(28)3)33-25-13-7-5-11-23(25)24-12-6-8-14-26(24)33/h1,5-8,11-14,17-18H,9-10,15-16,19H2,2-3H3/q+1. The number of ether oxygens (including phenoxy) is 2. The van der Waals surface area contributed by atoms with Crippen LogP contribution in [0, 0.1) is 26.2 Å². The zero-order valence-electron chi connectivity index (χ0n) is 19.0. The second kappa shape index (κ2) is 8.57. The first-order valence-electron chi connectivity index (χ1n) is 11.4. The van der Waals surface area contributed by atoms with Crippen molar-refractivity contribution in [2.45, 2.75) is 45.1 Å². The highest BCUT2D eigenvalue weighted by Gasteiger charge is 2.36. The quantitative estimate of drug-likeness (QED) is 0.181. The molecule has 0 N–H and O–H groups in total. The Morgan fingerprint density at radius 2 is 1.52 bits per heavy atom. The summed E-state index contributed by atoms with van der Waals surface area (Å²) in [5.41, 5.74) is 1.28. The highest BCUT2D eigenvalue weighted by atomic mass is 32.2. The number of carbonyl (C=O) groups is 1. The third-order valence-electron chi connectivity index (χ3n) is 6.49. The molecule has 0 saturated heterocycles. The lowest BCUT2D eigenvalue weighted by atomic mass is 10.0. The van der Waals surface area contributed by atoms with Gasteiger partial charge in [0.1, 0.15) is 5.75 Å². The van der Waals surface area contributed by atoms with Crippen LogP contribution in [0.4, 0.5) is 0 Å². The van der Waals surface area contributed by atoms with Crippen molar-refractivity contribution < 1.29 is 14.3 Å². The third-order valence-corrected chi connectivity index (χ3v) is 8.79. The van der Waals surface area contributed by atoms with Crippen molar-refractivity contribution in [1.29, 1.82) is 0 Å². The van der Waals surface area contributed by atoms with Crippen LogP contribution < -0.4 is 4.74 Å². The maximum atomic E-state index is 12.5. The number of rotatable bonds is 5. The fraction of sp³-hybridized carbons (Fsp3) is 0.276. The maximum absolute atomic E-state index is 12.5. The molecule has 1 heterocycles. The average molecular weight is 456 g/mol. The molecule has 3 aromatic carbocycles. The summed E-state index contributed by atoms with van der Waals surface area (Å²) in [6.45, 7) is 3.93. The first-order chi connectivity index (χ1) is 16.0. The number of hydrogen-bond acceptors (Lipinski definition) is 3. The minimum absolute atomic E-state index is 0.137. The molecule has 3 nitrogen and oxygen atoms in total. The van der Waals surface area contributed by atoms with E-state index in [1.807, 2.05) is 13.8 Å². The minimum Gasteiger partial charge on any atom is -0.481 e. The molecular weight excluding hydrogens is 428 g/mol. The largest absolute Gasteiger partial charge is 0.481 e. The van der Waals surface area contributed by atoms with Crippen LogP contribution in [0.25, 0.3) is 25.1 Å². The molecule has 33 heavy (non-hydrogen) atoms. The van der Waals surface area contributed by atoms with Gasteiger partial charge < -0.3 is 9.47 Å². The van der Waals surface area contributed by atoms with Gasteiger partial charge in [-0.25, -0.2) is 4.79 Å². The van der Waals surface area contributed by atoms with Crippen LogP contribution in [0.1, 0.15) is 36.8 Å². The van der Waals surface area contributed by atoms with E-state index < -0.39 is 11.6 Å². The Morgan fingerprint density at radius 1 is 0.970 bits per heavy atom. The molecule has 0 aliphatic heterocycles. The third kappa shape index (κ3) is 3.87. The number of fused-ring (bicyclic) bond motifs is 3. The number of aryl methyl sites for hydroxylation is 2. The van der Waals surface area contributed by atoms with Crippen LogP contribution in [-0.4, -0.2) is 18.2 Å². The first kappa shape index (κ1) is 21.6. The Hall–Kier alpha value is -3.29. The van der Waals surface area contributed by atoms with Gasteiger partial charge in [-0.2, -0.15) is 0 Å². The van der Waals surface area contributed by atoms with Gasteiger partial charge in [-0.1, -0.05) is 30.2 Å². The molecule has 1 aliphatic rings. The van der Waals surface area contributed by atoms with Gasteiger partial charge in [-0.3, -0.25) is 0 Å². The van der Waals surface area contributed by atoms with Crippen molar-refractivity contribution in [1.82, 2.24) is 0 Å². The molecule has 0 radical (unpaired) electrons. The molecular formula is C29H27O3S+. The van der Waals surface area contributed by atoms with Crippen molar-refractivity contribution in [3.05, 3.63) is 71.8 Å². The van der Waals surface area contributed by atoms with Gasteiger partial charge in [0.15, 0.2) is 26.5 Å². The molecule has 5 rings (SSSR count). The van der Waals surface area contributed by atoms with E-state index in [1.54, 1.807) is 0 Å². The summed E-state index contributed by atoms with van der Waals surface area (Å²) < 4.78 is 14.3. The number of terminal acetylenes is 1. The highest BCUT2D eigenvalue weighted by Crippen LogP contribution is 2.49. The van der Waals surface area contributed by atoms with Gasteiger partial charge >= 0.3 is 5.97 Å². The second-order valence-corrected chi connectivity index (χ2v) is 10.8. The average Bonchev–Trinajstić information content (AvgIpc) is 3.41. The molecule has 4 heteroatoms. The van der Waals surface area contributed by atoms with E-state index in [4.69, 9.17) is 15.9 Å². The van der Waals surface area contributed by atoms with Crippen LogP contribution >= 0.6 is 10.5 Å². The van der Waals surface area contributed by atoms with E-state index in [0.717, 1.165) is 42.6 Å². The molecule has 0 atom stereocenters. The highest BCUT2D eigenvalue weighted by molar-refractivity contribution is 7.50. The Morgan fingerprint density at radius 3 is 2.06 bits per heavy atom. The van der Waals surface area contributed by atoms with E-state index in [0.29, 0.717) is 0 Å². The summed E-state index contributed by atoms with van der Waals surface area (Å²) in [5.74, 6) is 3.02. The monoisotopic (exact) mass is 455 g/mol. The van der Waals surface area contributed by atoms with Crippen molar-refractivity contribution >= 4 is 36.6 Å². The molecule has 1 saturated carbocycles. The summed E-state index contributed by atoms with van der Waals surface area (Å²) in [4.78, 5) is 13.7. The van der Waals surface area contributed by atoms with Gasteiger partial charge in [0, 0.05) is 33.4 Å². The van der Waals surface area contributed by atoms with E-state index in [2.05, 4.69) is 66.6 Å². The van der Waals surface area contributed by atoms with Crippen LogP contribution in [0.5, 0.6) is 5.75 Å². The minimum atomic E-state index is -0.751. The summed E-state index contributed by atoms with van der Waals surface area (Å²) in [7, 11) is -0.162.